The van der Waals surface area contributed by atoms with Crippen LogP contribution in [0.25, 0.3) is 0 Å². The molecule has 1 heterocycles. The number of aryl methyl sites for hydroxylation is 1. The van der Waals surface area contributed by atoms with E-state index in [0.717, 1.165) is 11.4 Å². The summed E-state index contributed by atoms with van der Waals surface area (Å²) in [7, 11) is -3.78. The molecule has 1 atom stereocenters. The Kier molecular flexibility index (Phi) is 4.46. The van der Waals surface area contributed by atoms with E-state index in [4.69, 9.17) is 16.7 Å². The maximum Gasteiger partial charge on any atom is 0.238 e. The van der Waals surface area contributed by atoms with Crippen LogP contribution in [0.1, 0.15) is 24.4 Å². The van der Waals surface area contributed by atoms with Gasteiger partial charge in [-0.05, 0) is 32.0 Å². The Morgan fingerprint density at radius 3 is 2.57 bits per heavy atom. The Labute approximate surface area is 128 Å². The molecule has 6 nitrogen and oxygen atoms in total. The zero-order chi connectivity index (χ0) is 15.6. The van der Waals surface area contributed by atoms with Crippen LogP contribution in [0.5, 0.6) is 0 Å². The van der Waals surface area contributed by atoms with Crippen LogP contribution in [0, 0.1) is 6.92 Å². The summed E-state index contributed by atoms with van der Waals surface area (Å²) in [5.41, 5.74) is 2.02. The number of sulfonamides is 1. The van der Waals surface area contributed by atoms with Crippen molar-refractivity contribution in [3.8, 4) is 0 Å². The zero-order valence-electron chi connectivity index (χ0n) is 11.5. The van der Waals surface area contributed by atoms with Crippen molar-refractivity contribution in [3.63, 3.8) is 0 Å². The number of halogens is 1. The van der Waals surface area contributed by atoms with E-state index < -0.39 is 10.0 Å². The van der Waals surface area contributed by atoms with E-state index in [1.165, 1.54) is 18.2 Å². The van der Waals surface area contributed by atoms with E-state index in [9.17, 15) is 8.42 Å². The van der Waals surface area contributed by atoms with Crippen molar-refractivity contribution in [2.24, 2.45) is 5.14 Å². The largest absolute Gasteiger partial charge is 0.376 e. The summed E-state index contributed by atoms with van der Waals surface area (Å²) in [5, 5.41) is 8.64. The van der Waals surface area contributed by atoms with Crippen LogP contribution in [0.3, 0.4) is 0 Å². The van der Waals surface area contributed by atoms with Gasteiger partial charge in [0.25, 0.3) is 0 Å². The lowest BCUT2D eigenvalue weighted by Crippen LogP contribution is -2.14. The number of rotatable bonds is 4. The molecule has 2 aromatic rings. The normalized spacial score (nSPS) is 13.0. The number of benzene rings is 1. The molecule has 0 saturated heterocycles. The molecule has 8 heteroatoms. The molecule has 1 unspecified atom stereocenters. The second-order valence-corrected chi connectivity index (χ2v) is 6.55. The predicted octanol–water partition coefficient (Wildman–Crippen LogP) is 2.26. The van der Waals surface area contributed by atoms with Crippen LogP contribution in [-0.2, 0) is 10.0 Å². The Hall–Kier alpha value is -1.70. The van der Waals surface area contributed by atoms with Gasteiger partial charge in [-0.2, -0.15) is 0 Å². The van der Waals surface area contributed by atoms with Gasteiger partial charge in [0, 0.05) is 12.4 Å². The first kappa shape index (κ1) is 15.7. The number of nitrogens with two attached hydrogens (primary N) is 1. The number of hydrogen-bond donors (Lipinski definition) is 2. The first-order valence-electron chi connectivity index (χ1n) is 6.15. The molecule has 0 fully saturated rings. The third-order valence-electron chi connectivity index (χ3n) is 2.97. The molecular weight excluding hydrogens is 312 g/mol. The van der Waals surface area contributed by atoms with Crippen molar-refractivity contribution in [2.45, 2.75) is 24.8 Å². The molecule has 1 aromatic heterocycles. The lowest BCUT2D eigenvalue weighted by Gasteiger charge is -2.17. The fourth-order valence-corrected chi connectivity index (χ4v) is 2.65. The maximum atomic E-state index is 11.4. The molecule has 2 rings (SSSR count). The van der Waals surface area contributed by atoms with Gasteiger partial charge in [0.2, 0.25) is 10.0 Å². The first-order valence-corrected chi connectivity index (χ1v) is 8.08. The molecular formula is C13H15ClN4O2S. The highest BCUT2D eigenvalue weighted by molar-refractivity contribution is 7.89. The summed E-state index contributed by atoms with van der Waals surface area (Å²) in [4.78, 5) is 8.43. The quantitative estimate of drug-likeness (QED) is 0.898. The standard InChI is InChI=1S/C13H15ClN4O2S/c1-8-13(17-6-5-16-8)9(2)18-12-7-10(21(15,19)20)3-4-11(12)14/h3-7,9,18H,1-2H3,(H2,15,19,20). The summed E-state index contributed by atoms with van der Waals surface area (Å²) >= 11 is 6.08. The van der Waals surface area contributed by atoms with Gasteiger partial charge in [-0.1, -0.05) is 11.6 Å². The fraction of sp³-hybridized carbons (Fsp3) is 0.231. The SMILES string of the molecule is Cc1nccnc1C(C)Nc1cc(S(N)(=O)=O)ccc1Cl. The van der Waals surface area contributed by atoms with Crippen LogP contribution in [-0.4, -0.2) is 18.4 Å². The van der Waals surface area contributed by atoms with Gasteiger partial charge in [0.1, 0.15) is 0 Å². The monoisotopic (exact) mass is 326 g/mol. The topological polar surface area (TPSA) is 98.0 Å². The van der Waals surface area contributed by atoms with Crippen LogP contribution in [0.4, 0.5) is 5.69 Å². The Morgan fingerprint density at radius 1 is 1.29 bits per heavy atom. The highest BCUT2D eigenvalue weighted by Gasteiger charge is 2.15. The van der Waals surface area contributed by atoms with Gasteiger partial charge in [0.15, 0.2) is 0 Å². The predicted molar refractivity (Wildman–Crippen MR) is 81.6 cm³/mol. The number of hydrogen-bond acceptors (Lipinski definition) is 5. The molecule has 1 aromatic carbocycles. The molecule has 0 aliphatic rings. The van der Waals surface area contributed by atoms with Crippen LogP contribution in [0.15, 0.2) is 35.5 Å². The lowest BCUT2D eigenvalue weighted by molar-refractivity contribution is 0.598. The molecule has 21 heavy (non-hydrogen) atoms. The van der Waals surface area contributed by atoms with Crippen molar-refractivity contribution in [1.29, 1.82) is 0 Å². The van der Waals surface area contributed by atoms with E-state index in [1.54, 1.807) is 12.4 Å². The van der Waals surface area contributed by atoms with E-state index in [0.29, 0.717) is 10.7 Å². The van der Waals surface area contributed by atoms with Gasteiger partial charge in [-0.25, -0.2) is 13.6 Å². The van der Waals surface area contributed by atoms with E-state index in [-0.39, 0.29) is 10.9 Å². The summed E-state index contributed by atoms with van der Waals surface area (Å²) in [5.74, 6) is 0. The van der Waals surface area contributed by atoms with E-state index in [2.05, 4.69) is 15.3 Å². The highest BCUT2D eigenvalue weighted by atomic mass is 35.5. The van der Waals surface area contributed by atoms with Gasteiger partial charge >= 0.3 is 0 Å². The third-order valence-corrected chi connectivity index (χ3v) is 4.21. The number of primary sulfonamides is 1. The molecule has 0 amide bonds. The average molecular weight is 327 g/mol. The minimum Gasteiger partial charge on any atom is -0.376 e. The summed E-state index contributed by atoms with van der Waals surface area (Å²) in [6.45, 7) is 3.74. The number of nitrogens with one attached hydrogen (secondary N) is 1. The smallest absolute Gasteiger partial charge is 0.238 e. The Balaban J connectivity index is 2.33. The molecule has 0 bridgehead atoms. The Morgan fingerprint density at radius 2 is 1.95 bits per heavy atom. The van der Waals surface area contributed by atoms with Crippen molar-refractivity contribution < 1.29 is 8.42 Å². The highest BCUT2D eigenvalue weighted by Crippen LogP contribution is 2.28. The molecule has 112 valence electrons. The first-order chi connectivity index (χ1) is 9.79. The van der Waals surface area contributed by atoms with Gasteiger partial charge in [-0.3, -0.25) is 9.97 Å². The van der Waals surface area contributed by atoms with Crippen molar-refractivity contribution in [1.82, 2.24) is 9.97 Å². The summed E-state index contributed by atoms with van der Waals surface area (Å²) in [6, 6.07) is 4.06. The summed E-state index contributed by atoms with van der Waals surface area (Å²) < 4.78 is 22.8. The van der Waals surface area contributed by atoms with Crippen LogP contribution >= 0.6 is 11.6 Å². The Bertz CT molecular complexity index is 765. The average Bonchev–Trinajstić information content (AvgIpc) is 2.40. The summed E-state index contributed by atoms with van der Waals surface area (Å²) in [6.07, 6.45) is 3.21. The van der Waals surface area contributed by atoms with Crippen LogP contribution in [0.2, 0.25) is 5.02 Å². The minimum absolute atomic E-state index is 0.00234. The van der Waals surface area contributed by atoms with Gasteiger partial charge in [-0.15, -0.1) is 0 Å². The number of anilines is 1. The number of nitrogens with zero attached hydrogens (tertiary/aromatic N) is 2. The molecule has 0 aliphatic carbocycles. The van der Waals surface area contributed by atoms with E-state index >= 15 is 0 Å². The van der Waals surface area contributed by atoms with Crippen molar-refractivity contribution in [3.05, 3.63) is 47.0 Å². The number of aromatic nitrogens is 2. The van der Waals surface area contributed by atoms with Gasteiger partial charge in [0.05, 0.1) is 33.0 Å². The molecule has 0 saturated carbocycles. The third kappa shape index (κ3) is 3.69. The fourth-order valence-electron chi connectivity index (χ4n) is 1.94. The second kappa shape index (κ2) is 5.97. The van der Waals surface area contributed by atoms with Crippen molar-refractivity contribution in [2.75, 3.05) is 5.32 Å². The van der Waals surface area contributed by atoms with Crippen molar-refractivity contribution >= 4 is 27.3 Å². The molecule has 3 N–H and O–H groups in total. The molecule has 0 aliphatic heterocycles. The zero-order valence-corrected chi connectivity index (χ0v) is 13.1. The maximum absolute atomic E-state index is 11.4. The molecule has 0 spiro atoms. The van der Waals surface area contributed by atoms with E-state index in [1.807, 2.05) is 13.8 Å². The van der Waals surface area contributed by atoms with Gasteiger partial charge < -0.3 is 5.32 Å². The molecule has 0 radical (unpaired) electrons. The minimum atomic E-state index is -3.78. The van der Waals surface area contributed by atoms with Crippen LogP contribution < -0.4 is 10.5 Å². The lowest BCUT2D eigenvalue weighted by atomic mass is 10.1. The second-order valence-electron chi connectivity index (χ2n) is 4.58.